The molecule has 19 heavy (non-hydrogen) atoms. The summed E-state index contributed by atoms with van der Waals surface area (Å²) in [7, 11) is 1.79. The van der Waals surface area contributed by atoms with Crippen LogP contribution in [0.4, 0.5) is 5.69 Å². The molecular weight excluding hydrogens is 242 g/mol. The van der Waals surface area contributed by atoms with Crippen LogP contribution in [0.25, 0.3) is 0 Å². The average molecular weight is 261 g/mol. The third kappa shape index (κ3) is 2.93. The van der Waals surface area contributed by atoms with E-state index >= 15 is 0 Å². The molecule has 0 bridgehead atoms. The van der Waals surface area contributed by atoms with Gasteiger partial charge in [-0.2, -0.15) is 0 Å². The van der Waals surface area contributed by atoms with Crippen molar-refractivity contribution in [3.05, 3.63) is 29.3 Å². The molecular formula is C14H19N3O2. The lowest BCUT2D eigenvalue weighted by atomic mass is 10.1. The Bertz CT molecular complexity index is 511. The summed E-state index contributed by atoms with van der Waals surface area (Å²) >= 11 is 0. The van der Waals surface area contributed by atoms with Gasteiger partial charge in [0.05, 0.1) is 12.5 Å². The molecule has 3 N–H and O–H groups in total. The molecule has 0 saturated carbocycles. The van der Waals surface area contributed by atoms with E-state index in [2.05, 4.69) is 5.32 Å². The maximum absolute atomic E-state index is 11.6. The Morgan fingerprint density at radius 2 is 2.26 bits per heavy atom. The smallest absolute Gasteiger partial charge is 0.236 e. The van der Waals surface area contributed by atoms with Gasteiger partial charge >= 0.3 is 0 Å². The van der Waals surface area contributed by atoms with Gasteiger partial charge in [-0.15, -0.1) is 0 Å². The Morgan fingerprint density at radius 3 is 2.95 bits per heavy atom. The molecule has 0 spiro atoms. The molecule has 1 heterocycles. The van der Waals surface area contributed by atoms with Crippen LogP contribution in [0.1, 0.15) is 18.1 Å². The monoisotopic (exact) mass is 261 g/mol. The number of amides is 2. The summed E-state index contributed by atoms with van der Waals surface area (Å²) < 4.78 is 0. The van der Waals surface area contributed by atoms with Gasteiger partial charge in [0, 0.05) is 19.3 Å². The van der Waals surface area contributed by atoms with Gasteiger partial charge < -0.3 is 16.0 Å². The predicted octanol–water partition coefficient (Wildman–Crippen LogP) is 0.211. The van der Waals surface area contributed by atoms with Gasteiger partial charge in [0.2, 0.25) is 11.8 Å². The first kappa shape index (κ1) is 13.5. The highest BCUT2D eigenvalue weighted by molar-refractivity contribution is 6.00. The fraction of sp³-hybridized carbons (Fsp3) is 0.429. The van der Waals surface area contributed by atoms with Crippen molar-refractivity contribution in [1.29, 1.82) is 0 Å². The molecule has 1 aliphatic heterocycles. The van der Waals surface area contributed by atoms with Gasteiger partial charge in [-0.1, -0.05) is 12.1 Å². The Hall–Kier alpha value is -1.88. The van der Waals surface area contributed by atoms with Crippen molar-refractivity contribution in [2.24, 2.45) is 5.73 Å². The van der Waals surface area contributed by atoms with Crippen molar-refractivity contribution < 1.29 is 9.59 Å². The van der Waals surface area contributed by atoms with Crippen LogP contribution >= 0.6 is 0 Å². The number of fused-ring (bicyclic) bond motifs is 1. The zero-order valence-electron chi connectivity index (χ0n) is 11.3. The van der Waals surface area contributed by atoms with E-state index in [-0.39, 0.29) is 11.8 Å². The minimum Gasteiger partial charge on any atom is -0.354 e. The lowest BCUT2D eigenvalue weighted by Crippen LogP contribution is -2.39. The average Bonchev–Trinajstić information content (AvgIpc) is 2.64. The Labute approximate surface area is 112 Å². The summed E-state index contributed by atoms with van der Waals surface area (Å²) in [5.41, 5.74) is 8.62. The van der Waals surface area contributed by atoms with Gasteiger partial charge in [-0.3, -0.25) is 9.59 Å². The molecule has 0 aromatic heterocycles. The SMILES string of the molecule is CC(N)C(=O)NCCc1ccc2c(c1)CC(=O)N2C. The summed E-state index contributed by atoms with van der Waals surface area (Å²) in [5.74, 6) is -0.0199. The van der Waals surface area contributed by atoms with E-state index in [1.807, 2.05) is 18.2 Å². The number of hydrogen-bond acceptors (Lipinski definition) is 3. The molecule has 5 heteroatoms. The number of benzene rings is 1. The lowest BCUT2D eigenvalue weighted by Gasteiger charge is -2.11. The topological polar surface area (TPSA) is 75.4 Å². The van der Waals surface area contributed by atoms with Crippen molar-refractivity contribution in [3.8, 4) is 0 Å². The van der Waals surface area contributed by atoms with Gasteiger partial charge in [0.25, 0.3) is 0 Å². The Kier molecular flexibility index (Phi) is 3.85. The van der Waals surface area contributed by atoms with Crippen LogP contribution in [0.3, 0.4) is 0 Å². The van der Waals surface area contributed by atoms with Gasteiger partial charge in [0.15, 0.2) is 0 Å². The summed E-state index contributed by atoms with van der Waals surface area (Å²) in [4.78, 5) is 24.6. The van der Waals surface area contributed by atoms with Crippen LogP contribution in [0.2, 0.25) is 0 Å². The predicted molar refractivity (Wildman–Crippen MR) is 73.9 cm³/mol. The molecule has 1 unspecified atom stereocenters. The summed E-state index contributed by atoms with van der Waals surface area (Å²) in [5, 5.41) is 2.77. The van der Waals surface area contributed by atoms with E-state index in [4.69, 9.17) is 5.73 Å². The first-order valence-electron chi connectivity index (χ1n) is 6.40. The normalized spacial score (nSPS) is 15.3. The van der Waals surface area contributed by atoms with Crippen LogP contribution in [0.15, 0.2) is 18.2 Å². The summed E-state index contributed by atoms with van der Waals surface area (Å²) in [6.45, 7) is 2.22. The summed E-state index contributed by atoms with van der Waals surface area (Å²) in [6.07, 6.45) is 1.20. The van der Waals surface area contributed by atoms with Crippen molar-refractivity contribution in [1.82, 2.24) is 5.32 Å². The van der Waals surface area contributed by atoms with Crippen molar-refractivity contribution in [3.63, 3.8) is 0 Å². The molecule has 5 nitrogen and oxygen atoms in total. The van der Waals surface area contributed by atoms with Crippen molar-refractivity contribution >= 4 is 17.5 Å². The number of rotatable bonds is 4. The molecule has 0 aliphatic carbocycles. The number of hydrogen-bond donors (Lipinski definition) is 2. The van der Waals surface area contributed by atoms with E-state index in [0.717, 1.165) is 23.2 Å². The second-order valence-electron chi connectivity index (χ2n) is 4.92. The highest BCUT2D eigenvalue weighted by Crippen LogP contribution is 2.28. The fourth-order valence-electron chi connectivity index (χ4n) is 2.17. The van der Waals surface area contributed by atoms with Crippen molar-refractivity contribution in [2.45, 2.75) is 25.8 Å². The molecule has 0 saturated heterocycles. The molecule has 0 radical (unpaired) electrons. The van der Waals surface area contributed by atoms with Gasteiger partial charge in [-0.25, -0.2) is 0 Å². The number of carbonyl (C=O) groups excluding carboxylic acids is 2. The van der Waals surface area contributed by atoms with Crippen LogP contribution in [-0.2, 0) is 22.4 Å². The second-order valence-corrected chi connectivity index (χ2v) is 4.92. The first-order valence-corrected chi connectivity index (χ1v) is 6.40. The third-order valence-corrected chi connectivity index (χ3v) is 3.35. The molecule has 1 aromatic carbocycles. The number of anilines is 1. The minimum atomic E-state index is -0.480. The van der Waals surface area contributed by atoms with Crippen LogP contribution in [0.5, 0.6) is 0 Å². The molecule has 2 rings (SSSR count). The standard InChI is InChI=1S/C14H19N3O2/c1-9(15)14(19)16-6-5-10-3-4-12-11(7-10)8-13(18)17(12)2/h3-4,7,9H,5-6,8,15H2,1-2H3,(H,16,19). The minimum absolute atomic E-state index is 0.123. The molecule has 2 amide bonds. The summed E-state index contributed by atoms with van der Waals surface area (Å²) in [6, 6.07) is 5.51. The number of likely N-dealkylation sites (N-methyl/N-ethyl adjacent to an activating group) is 1. The third-order valence-electron chi connectivity index (χ3n) is 3.35. The van der Waals surface area contributed by atoms with E-state index in [0.29, 0.717) is 13.0 Å². The fourth-order valence-corrected chi connectivity index (χ4v) is 2.17. The molecule has 1 aromatic rings. The van der Waals surface area contributed by atoms with Crippen LogP contribution in [0, 0.1) is 0 Å². The highest BCUT2D eigenvalue weighted by Gasteiger charge is 2.23. The number of nitrogens with one attached hydrogen (secondary N) is 1. The first-order chi connectivity index (χ1) is 8.99. The zero-order chi connectivity index (χ0) is 14.0. The quantitative estimate of drug-likeness (QED) is 0.813. The number of nitrogens with two attached hydrogens (primary N) is 1. The van der Waals surface area contributed by atoms with Crippen molar-refractivity contribution in [2.75, 3.05) is 18.5 Å². The van der Waals surface area contributed by atoms with Gasteiger partial charge in [0.1, 0.15) is 0 Å². The Balaban J connectivity index is 1.95. The highest BCUT2D eigenvalue weighted by atomic mass is 16.2. The van der Waals surface area contributed by atoms with Gasteiger partial charge in [-0.05, 0) is 30.5 Å². The number of carbonyl (C=O) groups is 2. The van der Waals surface area contributed by atoms with Crippen LogP contribution < -0.4 is 16.0 Å². The molecule has 0 fully saturated rings. The lowest BCUT2D eigenvalue weighted by molar-refractivity contribution is -0.122. The number of nitrogens with zero attached hydrogens (tertiary/aromatic N) is 1. The zero-order valence-corrected chi connectivity index (χ0v) is 11.3. The van der Waals surface area contributed by atoms with Crippen LogP contribution in [-0.4, -0.2) is 31.4 Å². The maximum atomic E-state index is 11.6. The van der Waals surface area contributed by atoms with E-state index in [1.54, 1.807) is 18.9 Å². The molecule has 1 atom stereocenters. The van der Waals surface area contributed by atoms with E-state index < -0.39 is 6.04 Å². The molecule has 1 aliphatic rings. The van der Waals surface area contributed by atoms with E-state index in [9.17, 15) is 9.59 Å². The molecule has 102 valence electrons. The second kappa shape index (κ2) is 5.40. The maximum Gasteiger partial charge on any atom is 0.236 e. The Morgan fingerprint density at radius 1 is 1.53 bits per heavy atom. The van der Waals surface area contributed by atoms with E-state index in [1.165, 1.54) is 0 Å². The largest absolute Gasteiger partial charge is 0.354 e.